The second-order valence-corrected chi connectivity index (χ2v) is 9.41. The van der Waals surface area contributed by atoms with E-state index >= 15 is 0 Å². The molecule has 2 aromatic heterocycles. The van der Waals surface area contributed by atoms with E-state index in [1.807, 2.05) is 30.3 Å². The van der Waals surface area contributed by atoms with Gasteiger partial charge in [0.05, 0.1) is 11.4 Å². The summed E-state index contributed by atoms with van der Waals surface area (Å²) in [6.07, 6.45) is 5.27. The summed E-state index contributed by atoms with van der Waals surface area (Å²) < 4.78 is 22.7. The lowest BCUT2D eigenvalue weighted by molar-refractivity contribution is 0.203. The molecule has 0 aliphatic carbocycles. The smallest absolute Gasteiger partial charge is 0.213 e. The average Bonchev–Trinajstić information content (AvgIpc) is 2.79. The molecule has 4 rings (SSSR count). The molecule has 1 fully saturated rings. The Balaban J connectivity index is 1.70. The number of nitrogens with two attached hydrogens (primary N) is 1. The van der Waals surface area contributed by atoms with Crippen LogP contribution in [0.1, 0.15) is 18.4 Å². The Morgan fingerprint density at radius 1 is 1.06 bits per heavy atom. The predicted molar refractivity (Wildman–Crippen MR) is 120 cm³/mol. The van der Waals surface area contributed by atoms with Crippen molar-refractivity contribution in [1.29, 1.82) is 0 Å². The number of aromatic nitrogens is 3. The van der Waals surface area contributed by atoms with Crippen molar-refractivity contribution in [2.24, 2.45) is 11.1 Å². The third kappa shape index (κ3) is 5.43. The van der Waals surface area contributed by atoms with Gasteiger partial charge in [-0.2, -0.15) is 0 Å². The minimum absolute atomic E-state index is 0.205. The minimum Gasteiger partial charge on any atom is -0.396 e. The number of sulfonamides is 1. The third-order valence-corrected chi connectivity index (χ3v) is 6.18. The van der Waals surface area contributed by atoms with Gasteiger partial charge in [-0.1, -0.05) is 24.3 Å². The normalized spacial score (nSPS) is 15.2. The van der Waals surface area contributed by atoms with Gasteiger partial charge in [0.15, 0.2) is 5.82 Å². The van der Waals surface area contributed by atoms with Crippen LogP contribution < -0.4 is 10.0 Å². The summed E-state index contributed by atoms with van der Waals surface area (Å²) in [4.78, 5) is 15.9. The molecule has 1 aromatic carbocycles. The van der Waals surface area contributed by atoms with Crippen molar-refractivity contribution < 1.29 is 13.5 Å². The van der Waals surface area contributed by atoms with Crippen molar-refractivity contribution in [2.75, 3.05) is 24.6 Å². The largest absolute Gasteiger partial charge is 0.396 e. The van der Waals surface area contributed by atoms with Gasteiger partial charge in [0, 0.05) is 49.3 Å². The van der Waals surface area contributed by atoms with E-state index in [0.29, 0.717) is 17.3 Å². The highest BCUT2D eigenvalue weighted by Gasteiger charge is 2.21. The number of primary sulfonamides is 1. The van der Waals surface area contributed by atoms with Crippen LogP contribution in [0.2, 0.25) is 0 Å². The molecule has 162 valence electrons. The van der Waals surface area contributed by atoms with E-state index in [1.54, 1.807) is 24.5 Å². The lowest BCUT2D eigenvalue weighted by Gasteiger charge is -2.32. The molecule has 31 heavy (non-hydrogen) atoms. The van der Waals surface area contributed by atoms with Crippen LogP contribution in [0, 0.1) is 5.92 Å². The lowest BCUT2D eigenvalue weighted by Crippen LogP contribution is -2.35. The van der Waals surface area contributed by atoms with Gasteiger partial charge in [0.2, 0.25) is 10.0 Å². The fraction of sp³-hybridized carbons (Fsp3) is 0.318. The molecule has 3 heterocycles. The van der Waals surface area contributed by atoms with Crippen LogP contribution in [-0.4, -0.2) is 48.2 Å². The van der Waals surface area contributed by atoms with E-state index in [9.17, 15) is 13.5 Å². The van der Waals surface area contributed by atoms with E-state index < -0.39 is 10.0 Å². The first kappa shape index (κ1) is 21.4. The zero-order chi connectivity index (χ0) is 21.8. The average molecular weight is 440 g/mol. The molecule has 0 atom stereocenters. The number of nitrogens with zero attached hydrogens (tertiary/aromatic N) is 4. The molecular weight excluding hydrogens is 414 g/mol. The number of anilines is 1. The molecule has 0 spiro atoms. The summed E-state index contributed by atoms with van der Waals surface area (Å²) >= 11 is 0. The van der Waals surface area contributed by atoms with E-state index in [-0.39, 0.29) is 12.4 Å². The molecule has 0 radical (unpaired) electrons. The Morgan fingerprint density at radius 2 is 1.81 bits per heavy atom. The first-order valence-electron chi connectivity index (χ1n) is 10.2. The summed E-state index contributed by atoms with van der Waals surface area (Å²) in [5.41, 5.74) is 3.05. The van der Waals surface area contributed by atoms with Gasteiger partial charge in [-0.25, -0.2) is 23.5 Å². The molecule has 1 saturated heterocycles. The van der Waals surface area contributed by atoms with Crippen LogP contribution in [0.4, 0.5) is 5.82 Å². The van der Waals surface area contributed by atoms with Crippen molar-refractivity contribution in [3.05, 3.63) is 60.4 Å². The second kappa shape index (κ2) is 9.09. The van der Waals surface area contributed by atoms with Crippen molar-refractivity contribution in [3.8, 4) is 22.6 Å². The Hall–Kier alpha value is -2.88. The van der Waals surface area contributed by atoms with Crippen LogP contribution in [0.15, 0.2) is 54.9 Å². The van der Waals surface area contributed by atoms with Crippen LogP contribution >= 0.6 is 0 Å². The number of hydrogen-bond donors (Lipinski definition) is 2. The highest BCUT2D eigenvalue weighted by atomic mass is 32.2. The van der Waals surface area contributed by atoms with Crippen LogP contribution in [0.25, 0.3) is 22.6 Å². The molecule has 9 heteroatoms. The van der Waals surface area contributed by atoms with Gasteiger partial charge in [-0.3, -0.25) is 4.98 Å². The maximum absolute atomic E-state index is 11.4. The summed E-state index contributed by atoms with van der Waals surface area (Å²) in [5.74, 6) is 1.54. The van der Waals surface area contributed by atoms with Gasteiger partial charge >= 0.3 is 0 Å². The highest BCUT2D eigenvalue weighted by molar-refractivity contribution is 7.88. The first-order chi connectivity index (χ1) is 14.9. The quantitative estimate of drug-likeness (QED) is 0.604. The lowest BCUT2D eigenvalue weighted by atomic mass is 9.98. The van der Waals surface area contributed by atoms with Crippen LogP contribution in [0.5, 0.6) is 0 Å². The Labute approximate surface area is 181 Å². The second-order valence-electron chi connectivity index (χ2n) is 7.79. The molecule has 1 aliphatic rings. The Bertz CT molecular complexity index is 1130. The number of benzene rings is 1. The van der Waals surface area contributed by atoms with E-state index in [1.165, 1.54) is 0 Å². The number of aliphatic hydroxyl groups excluding tert-OH is 1. The van der Waals surface area contributed by atoms with Crippen molar-refractivity contribution in [1.82, 2.24) is 15.0 Å². The number of hydrogen-bond acceptors (Lipinski definition) is 7. The Kier molecular flexibility index (Phi) is 6.26. The third-order valence-electron chi connectivity index (χ3n) is 5.45. The molecule has 3 N–H and O–H groups in total. The number of piperidine rings is 1. The van der Waals surface area contributed by atoms with Crippen LogP contribution in [0.3, 0.4) is 0 Å². The minimum atomic E-state index is -3.58. The number of rotatable bonds is 6. The predicted octanol–water partition coefficient (Wildman–Crippen LogP) is 2.20. The molecule has 0 amide bonds. The van der Waals surface area contributed by atoms with Gasteiger partial charge in [-0.15, -0.1) is 0 Å². The molecule has 8 nitrogen and oxygen atoms in total. The van der Waals surface area contributed by atoms with Gasteiger partial charge < -0.3 is 10.0 Å². The molecule has 1 aliphatic heterocycles. The van der Waals surface area contributed by atoms with Gasteiger partial charge in [0.1, 0.15) is 5.82 Å². The monoisotopic (exact) mass is 439 g/mol. The van der Waals surface area contributed by atoms with E-state index in [4.69, 9.17) is 15.1 Å². The highest BCUT2D eigenvalue weighted by Crippen LogP contribution is 2.28. The molecule has 0 saturated carbocycles. The maximum atomic E-state index is 11.4. The zero-order valence-electron chi connectivity index (χ0n) is 17.1. The standard InChI is InChI=1S/C22H25N5O3S/c23-31(29,30)15-17-3-5-18(6-4-17)20-12-21(27-10-7-16(14-28)8-11-27)26-22(25-20)19-2-1-9-24-13-19/h1-6,9,12-13,16,28H,7-8,10-11,14-15H2,(H2,23,29,30). The molecule has 0 unspecified atom stereocenters. The zero-order valence-corrected chi connectivity index (χ0v) is 17.9. The SMILES string of the molecule is NS(=O)(=O)Cc1ccc(-c2cc(N3CCC(CO)CC3)nc(-c3cccnc3)n2)cc1. The number of pyridine rings is 1. The summed E-state index contributed by atoms with van der Waals surface area (Å²) in [6, 6.07) is 12.9. The molecular formula is C22H25N5O3S. The molecule has 0 bridgehead atoms. The fourth-order valence-electron chi connectivity index (χ4n) is 3.72. The van der Waals surface area contributed by atoms with Crippen LogP contribution in [-0.2, 0) is 15.8 Å². The van der Waals surface area contributed by atoms with Crippen molar-refractivity contribution in [3.63, 3.8) is 0 Å². The maximum Gasteiger partial charge on any atom is 0.213 e. The van der Waals surface area contributed by atoms with Gasteiger partial charge in [-0.05, 0) is 36.5 Å². The van der Waals surface area contributed by atoms with Crippen molar-refractivity contribution in [2.45, 2.75) is 18.6 Å². The fourth-order valence-corrected chi connectivity index (χ4v) is 4.37. The first-order valence-corrected chi connectivity index (χ1v) is 11.9. The Morgan fingerprint density at radius 3 is 2.42 bits per heavy atom. The van der Waals surface area contributed by atoms with Gasteiger partial charge in [0.25, 0.3) is 0 Å². The summed E-state index contributed by atoms with van der Waals surface area (Å²) in [6.45, 7) is 1.86. The topological polar surface area (TPSA) is 122 Å². The number of aliphatic hydroxyl groups is 1. The molecule has 3 aromatic rings. The van der Waals surface area contributed by atoms with Crippen molar-refractivity contribution >= 4 is 15.8 Å². The summed E-state index contributed by atoms with van der Waals surface area (Å²) in [7, 11) is -3.58. The van der Waals surface area contributed by atoms with E-state index in [2.05, 4.69) is 9.88 Å². The van der Waals surface area contributed by atoms with E-state index in [0.717, 1.165) is 48.6 Å². The summed E-state index contributed by atoms with van der Waals surface area (Å²) in [5, 5.41) is 14.6.